The number of aliphatic hydroxyl groups is 1. The molecule has 0 saturated carbocycles. The SMILES string of the molecule is CC(CCc1ccc(F)cc1)NCCCO. The highest BCUT2D eigenvalue weighted by Gasteiger charge is 2.01. The van der Waals surface area contributed by atoms with Crippen LogP contribution in [0.5, 0.6) is 0 Å². The molecule has 3 heteroatoms. The second-order valence-corrected chi connectivity index (χ2v) is 4.10. The number of aliphatic hydroxyl groups excluding tert-OH is 1. The maximum atomic E-state index is 12.7. The van der Waals surface area contributed by atoms with E-state index in [4.69, 9.17) is 5.11 Å². The van der Waals surface area contributed by atoms with Crippen LogP contribution in [-0.4, -0.2) is 24.3 Å². The van der Waals surface area contributed by atoms with E-state index in [-0.39, 0.29) is 12.4 Å². The average Bonchev–Trinajstić information content (AvgIpc) is 2.29. The van der Waals surface area contributed by atoms with E-state index in [0.717, 1.165) is 31.4 Å². The molecule has 0 radical (unpaired) electrons. The molecule has 16 heavy (non-hydrogen) atoms. The number of halogens is 1. The molecule has 0 bridgehead atoms. The van der Waals surface area contributed by atoms with Crippen LogP contribution in [0.1, 0.15) is 25.3 Å². The fourth-order valence-corrected chi connectivity index (χ4v) is 1.56. The fraction of sp³-hybridized carbons (Fsp3) is 0.538. The van der Waals surface area contributed by atoms with Crippen LogP contribution in [0.2, 0.25) is 0 Å². The molecule has 1 aromatic rings. The van der Waals surface area contributed by atoms with Gasteiger partial charge in [-0.3, -0.25) is 0 Å². The van der Waals surface area contributed by atoms with Gasteiger partial charge in [0.15, 0.2) is 0 Å². The van der Waals surface area contributed by atoms with Crippen LogP contribution in [0.15, 0.2) is 24.3 Å². The highest BCUT2D eigenvalue weighted by atomic mass is 19.1. The third-order valence-corrected chi connectivity index (χ3v) is 2.61. The Balaban J connectivity index is 2.20. The Morgan fingerprint density at radius 3 is 2.62 bits per heavy atom. The van der Waals surface area contributed by atoms with E-state index in [9.17, 15) is 4.39 Å². The van der Waals surface area contributed by atoms with Crippen LogP contribution in [0.25, 0.3) is 0 Å². The van der Waals surface area contributed by atoms with Crippen molar-refractivity contribution in [2.45, 2.75) is 32.2 Å². The van der Waals surface area contributed by atoms with Gasteiger partial charge >= 0.3 is 0 Å². The lowest BCUT2D eigenvalue weighted by atomic mass is 10.1. The highest BCUT2D eigenvalue weighted by Crippen LogP contribution is 2.07. The molecule has 1 unspecified atom stereocenters. The number of rotatable bonds is 7. The predicted molar refractivity (Wildman–Crippen MR) is 63.9 cm³/mol. The quantitative estimate of drug-likeness (QED) is 0.697. The summed E-state index contributed by atoms with van der Waals surface area (Å²) in [5.74, 6) is -0.183. The molecule has 90 valence electrons. The summed E-state index contributed by atoms with van der Waals surface area (Å²) in [5, 5.41) is 12.0. The topological polar surface area (TPSA) is 32.3 Å². The van der Waals surface area contributed by atoms with Gasteiger partial charge < -0.3 is 10.4 Å². The first kappa shape index (κ1) is 13.1. The van der Waals surface area contributed by atoms with Gasteiger partial charge in [0.2, 0.25) is 0 Å². The minimum atomic E-state index is -0.183. The fourth-order valence-electron chi connectivity index (χ4n) is 1.56. The lowest BCUT2D eigenvalue weighted by Gasteiger charge is -2.13. The Morgan fingerprint density at radius 1 is 1.31 bits per heavy atom. The Hall–Kier alpha value is -0.930. The first-order valence-corrected chi connectivity index (χ1v) is 5.81. The molecule has 0 spiro atoms. The van der Waals surface area contributed by atoms with Gasteiger partial charge in [-0.15, -0.1) is 0 Å². The van der Waals surface area contributed by atoms with Crippen LogP contribution in [0, 0.1) is 5.82 Å². The molecule has 1 atom stereocenters. The zero-order valence-corrected chi connectivity index (χ0v) is 9.75. The molecule has 0 amide bonds. The molecule has 1 rings (SSSR count). The summed E-state index contributed by atoms with van der Waals surface area (Å²) < 4.78 is 12.7. The molecule has 0 aliphatic carbocycles. The Labute approximate surface area is 96.5 Å². The van der Waals surface area contributed by atoms with E-state index in [0.29, 0.717) is 6.04 Å². The van der Waals surface area contributed by atoms with Crippen LogP contribution in [0.3, 0.4) is 0 Å². The lowest BCUT2D eigenvalue weighted by molar-refractivity contribution is 0.283. The van der Waals surface area contributed by atoms with Crippen molar-refractivity contribution in [2.24, 2.45) is 0 Å². The summed E-state index contributed by atoms with van der Waals surface area (Å²) in [6, 6.07) is 7.08. The van der Waals surface area contributed by atoms with Crippen molar-refractivity contribution in [3.8, 4) is 0 Å². The molecule has 0 aliphatic rings. The smallest absolute Gasteiger partial charge is 0.123 e. The molecule has 0 saturated heterocycles. The highest BCUT2D eigenvalue weighted by molar-refractivity contribution is 5.16. The number of hydrogen-bond acceptors (Lipinski definition) is 2. The van der Waals surface area contributed by atoms with Gasteiger partial charge in [-0.2, -0.15) is 0 Å². The van der Waals surface area contributed by atoms with Gasteiger partial charge in [0.25, 0.3) is 0 Å². The number of nitrogens with one attached hydrogen (secondary N) is 1. The molecule has 2 nitrogen and oxygen atoms in total. The maximum absolute atomic E-state index is 12.7. The Morgan fingerprint density at radius 2 is 2.00 bits per heavy atom. The van der Waals surface area contributed by atoms with E-state index >= 15 is 0 Å². The van der Waals surface area contributed by atoms with Crippen molar-refractivity contribution < 1.29 is 9.50 Å². The van der Waals surface area contributed by atoms with Crippen molar-refractivity contribution in [1.82, 2.24) is 5.32 Å². The number of aryl methyl sites for hydroxylation is 1. The van der Waals surface area contributed by atoms with Crippen molar-refractivity contribution >= 4 is 0 Å². The summed E-state index contributed by atoms with van der Waals surface area (Å²) in [6.07, 6.45) is 2.77. The second kappa shape index (κ2) is 7.36. The van der Waals surface area contributed by atoms with Crippen molar-refractivity contribution in [2.75, 3.05) is 13.2 Å². The lowest BCUT2D eigenvalue weighted by Crippen LogP contribution is -2.27. The van der Waals surface area contributed by atoms with Crippen LogP contribution >= 0.6 is 0 Å². The van der Waals surface area contributed by atoms with Gasteiger partial charge in [0, 0.05) is 12.6 Å². The number of hydrogen-bond donors (Lipinski definition) is 2. The van der Waals surface area contributed by atoms with E-state index in [2.05, 4.69) is 12.2 Å². The van der Waals surface area contributed by atoms with Crippen LogP contribution < -0.4 is 5.32 Å². The Kier molecular flexibility index (Phi) is 6.04. The molecule has 0 aromatic heterocycles. The van der Waals surface area contributed by atoms with Crippen molar-refractivity contribution in [3.05, 3.63) is 35.6 Å². The van der Waals surface area contributed by atoms with E-state index in [1.807, 2.05) is 12.1 Å². The van der Waals surface area contributed by atoms with Gasteiger partial charge in [-0.25, -0.2) is 4.39 Å². The zero-order chi connectivity index (χ0) is 11.8. The van der Waals surface area contributed by atoms with Gasteiger partial charge in [-0.05, 0) is 50.4 Å². The molecular formula is C13H20FNO. The van der Waals surface area contributed by atoms with Gasteiger partial charge in [-0.1, -0.05) is 12.1 Å². The van der Waals surface area contributed by atoms with Crippen LogP contribution in [0.4, 0.5) is 4.39 Å². The van der Waals surface area contributed by atoms with Crippen molar-refractivity contribution in [1.29, 1.82) is 0 Å². The Bertz CT molecular complexity index is 286. The van der Waals surface area contributed by atoms with E-state index < -0.39 is 0 Å². The van der Waals surface area contributed by atoms with Crippen LogP contribution in [-0.2, 0) is 6.42 Å². The summed E-state index contributed by atoms with van der Waals surface area (Å²) in [7, 11) is 0. The molecule has 0 aliphatic heterocycles. The molecule has 0 fully saturated rings. The van der Waals surface area contributed by atoms with E-state index in [1.165, 1.54) is 12.1 Å². The normalized spacial score (nSPS) is 12.7. The van der Waals surface area contributed by atoms with Crippen molar-refractivity contribution in [3.63, 3.8) is 0 Å². The molecule has 2 N–H and O–H groups in total. The zero-order valence-electron chi connectivity index (χ0n) is 9.75. The van der Waals surface area contributed by atoms with E-state index in [1.54, 1.807) is 0 Å². The predicted octanol–water partition coefficient (Wildman–Crippen LogP) is 2.12. The average molecular weight is 225 g/mol. The summed E-state index contributed by atoms with van der Waals surface area (Å²) >= 11 is 0. The first-order chi connectivity index (χ1) is 7.72. The maximum Gasteiger partial charge on any atom is 0.123 e. The molecular weight excluding hydrogens is 205 g/mol. The third kappa shape index (κ3) is 5.24. The number of benzene rings is 1. The third-order valence-electron chi connectivity index (χ3n) is 2.61. The summed E-state index contributed by atoms with van der Waals surface area (Å²) in [4.78, 5) is 0. The minimum absolute atomic E-state index is 0.183. The largest absolute Gasteiger partial charge is 0.396 e. The van der Waals surface area contributed by atoms with Gasteiger partial charge in [0.05, 0.1) is 0 Å². The minimum Gasteiger partial charge on any atom is -0.396 e. The summed E-state index contributed by atoms with van der Waals surface area (Å²) in [5.41, 5.74) is 1.16. The molecule has 1 aromatic carbocycles. The monoisotopic (exact) mass is 225 g/mol. The van der Waals surface area contributed by atoms with Gasteiger partial charge in [0.1, 0.15) is 5.82 Å². The summed E-state index contributed by atoms with van der Waals surface area (Å²) in [6.45, 7) is 3.21. The second-order valence-electron chi connectivity index (χ2n) is 4.10. The molecule has 0 heterocycles. The standard InChI is InChI=1S/C13H20FNO/c1-11(15-9-2-10-16)3-4-12-5-7-13(14)8-6-12/h5-8,11,15-16H,2-4,9-10H2,1H3. The first-order valence-electron chi connectivity index (χ1n) is 5.81.